The number of nitrogens with one attached hydrogen (secondary N) is 2. The molecule has 7 heteroatoms. The highest BCUT2D eigenvalue weighted by atomic mass is 19.1. The Bertz CT molecular complexity index is 833. The fourth-order valence-electron chi connectivity index (χ4n) is 3.25. The second-order valence-electron chi connectivity index (χ2n) is 6.68. The third kappa shape index (κ3) is 5.00. The smallest absolute Gasteiger partial charge is 0.337 e. The lowest BCUT2D eigenvalue weighted by atomic mass is 10.1. The van der Waals surface area contributed by atoms with Crippen LogP contribution in [0.3, 0.4) is 0 Å². The summed E-state index contributed by atoms with van der Waals surface area (Å²) in [6, 6.07) is 11.0. The van der Waals surface area contributed by atoms with Crippen molar-refractivity contribution < 1.29 is 18.7 Å². The van der Waals surface area contributed by atoms with Crippen molar-refractivity contribution in [3.63, 3.8) is 0 Å². The van der Waals surface area contributed by atoms with E-state index in [-0.39, 0.29) is 11.8 Å². The van der Waals surface area contributed by atoms with Crippen molar-refractivity contribution in [1.82, 2.24) is 5.32 Å². The molecule has 0 bridgehead atoms. The maximum atomic E-state index is 12.9. The van der Waals surface area contributed by atoms with Gasteiger partial charge in [0.25, 0.3) is 0 Å². The van der Waals surface area contributed by atoms with Gasteiger partial charge in [-0.1, -0.05) is 12.1 Å². The molecule has 3 rings (SSSR count). The van der Waals surface area contributed by atoms with Crippen LogP contribution in [0.1, 0.15) is 28.8 Å². The minimum absolute atomic E-state index is 0.283. The molecule has 0 spiro atoms. The molecule has 0 radical (unpaired) electrons. The lowest BCUT2D eigenvalue weighted by molar-refractivity contribution is 0.0600. The molecule has 1 aliphatic rings. The van der Waals surface area contributed by atoms with Crippen LogP contribution in [-0.2, 0) is 11.2 Å². The molecular weight excluding hydrogens is 361 g/mol. The molecule has 0 atom stereocenters. The lowest BCUT2D eigenvalue weighted by Gasteiger charge is -2.22. The fraction of sp³-hybridized carbons (Fsp3) is 0.333. The van der Waals surface area contributed by atoms with E-state index in [2.05, 4.69) is 15.5 Å². The van der Waals surface area contributed by atoms with Crippen molar-refractivity contribution in [2.75, 3.05) is 37.0 Å². The first-order chi connectivity index (χ1) is 13.6. The first-order valence-electron chi connectivity index (χ1n) is 9.33. The van der Waals surface area contributed by atoms with Gasteiger partial charge in [0.05, 0.1) is 24.0 Å². The molecule has 0 saturated carbocycles. The van der Waals surface area contributed by atoms with Gasteiger partial charge < -0.3 is 20.3 Å². The number of rotatable bonds is 6. The van der Waals surface area contributed by atoms with Gasteiger partial charge in [0.2, 0.25) is 0 Å². The zero-order valence-corrected chi connectivity index (χ0v) is 15.8. The minimum atomic E-state index is -0.451. The van der Waals surface area contributed by atoms with E-state index in [4.69, 9.17) is 4.74 Å². The van der Waals surface area contributed by atoms with Crippen LogP contribution in [0.15, 0.2) is 42.5 Å². The van der Waals surface area contributed by atoms with Crippen LogP contribution < -0.4 is 15.5 Å². The van der Waals surface area contributed by atoms with Gasteiger partial charge in [0.1, 0.15) is 5.82 Å². The number of ether oxygens (including phenoxy) is 1. The van der Waals surface area contributed by atoms with Gasteiger partial charge >= 0.3 is 12.0 Å². The summed E-state index contributed by atoms with van der Waals surface area (Å²) < 4.78 is 17.7. The molecule has 2 N–H and O–H groups in total. The standard InChI is InChI=1S/C21H24FN3O3/c1-28-20(26)16-6-9-19(25-12-2-3-13-25)18(14-16)24-21(27)23-11-10-15-4-7-17(22)8-5-15/h4-9,14H,2-3,10-13H2,1H3,(H2,23,24,27). The molecule has 2 aromatic rings. The largest absolute Gasteiger partial charge is 0.465 e. The Morgan fingerprint density at radius 2 is 1.82 bits per heavy atom. The molecule has 1 aliphatic heterocycles. The van der Waals surface area contributed by atoms with Crippen LogP contribution in [0, 0.1) is 5.82 Å². The highest BCUT2D eigenvalue weighted by Gasteiger charge is 2.19. The van der Waals surface area contributed by atoms with E-state index in [0.29, 0.717) is 24.2 Å². The SMILES string of the molecule is COC(=O)c1ccc(N2CCCC2)c(NC(=O)NCCc2ccc(F)cc2)c1. The van der Waals surface area contributed by atoms with Crippen LogP contribution in [0.4, 0.5) is 20.6 Å². The van der Waals surface area contributed by atoms with Crippen molar-refractivity contribution in [3.05, 3.63) is 59.4 Å². The Hall–Kier alpha value is -3.09. The minimum Gasteiger partial charge on any atom is -0.465 e. The molecule has 28 heavy (non-hydrogen) atoms. The van der Waals surface area contributed by atoms with Crippen molar-refractivity contribution in [1.29, 1.82) is 0 Å². The molecule has 1 heterocycles. The van der Waals surface area contributed by atoms with E-state index in [1.807, 2.05) is 6.07 Å². The number of amides is 2. The molecule has 6 nitrogen and oxygen atoms in total. The number of urea groups is 1. The number of hydrogen-bond acceptors (Lipinski definition) is 4. The highest BCUT2D eigenvalue weighted by molar-refractivity contribution is 5.97. The van der Waals surface area contributed by atoms with Crippen LogP contribution >= 0.6 is 0 Å². The maximum absolute atomic E-state index is 12.9. The number of halogens is 1. The summed E-state index contributed by atoms with van der Waals surface area (Å²) in [5, 5.41) is 5.64. The Morgan fingerprint density at radius 3 is 2.50 bits per heavy atom. The second-order valence-corrected chi connectivity index (χ2v) is 6.68. The van der Waals surface area contributed by atoms with Gasteiger partial charge in [-0.2, -0.15) is 0 Å². The summed E-state index contributed by atoms with van der Waals surface area (Å²) >= 11 is 0. The predicted molar refractivity (Wildman–Crippen MR) is 106 cm³/mol. The Morgan fingerprint density at radius 1 is 1.11 bits per heavy atom. The molecule has 0 aliphatic carbocycles. The third-order valence-electron chi connectivity index (χ3n) is 4.73. The van der Waals surface area contributed by atoms with Gasteiger partial charge in [0, 0.05) is 19.6 Å². The summed E-state index contributed by atoms with van der Waals surface area (Å²) in [4.78, 5) is 26.4. The van der Waals surface area contributed by atoms with Crippen LogP contribution in [0.5, 0.6) is 0 Å². The van der Waals surface area contributed by atoms with E-state index >= 15 is 0 Å². The normalized spacial score (nSPS) is 13.3. The average molecular weight is 385 g/mol. The van der Waals surface area contributed by atoms with Gasteiger partial charge in [-0.3, -0.25) is 0 Å². The van der Waals surface area contributed by atoms with Crippen molar-refractivity contribution >= 4 is 23.4 Å². The number of esters is 1. The number of carbonyl (C=O) groups excluding carboxylic acids is 2. The first kappa shape index (κ1) is 19.7. The predicted octanol–water partition coefficient (Wildman–Crippen LogP) is 3.58. The van der Waals surface area contributed by atoms with Crippen molar-refractivity contribution in [2.24, 2.45) is 0 Å². The van der Waals surface area contributed by atoms with Gasteiger partial charge in [-0.15, -0.1) is 0 Å². The molecule has 0 unspecified atom stereocenters. The summed E-state index contributed by atoms with van der Waals surface area (Å²) in [5.41, 5.74) is 2.78. The number of nitrogens with zero attached hydrogens (tertiary/aromatic N) is 1. The molecule has 148 valence electrons. The average Bonchev–Trinajstić information content (AvgIpc) is 3.23. The molecule has 0 aromatic heterocycles. The number of hydrogen-bond donors (Lipinski definition) is 2. The van der Waals surface area contributed by atoms with Crippen LogP contribution in [0.25, 0.3) is 0 Å². The van der Waals surface area contributed by atoms with E-state index in [1.54, 1.807) is 24.3 Å². The maximum Gasteiger partial charge on any atom is 0.337 e. The number of benzene rings is 2. The molecule has 2 aromatic carbocycles. The zero-order valence-electron chi connectivity index (χ0n) is 15.8. The summed E-state index contributed by atoms with van der Waals surface area (Å²) in [5.74, 6) is -0.734. The topological polar surface area (TPSA) is 70.7 Å². The number of anilines is 2. The Kier molecular flexibility index (Phi) is 6.47. The Balaban J connectivity index is 1.65. The van der Waals surface area contributed by atoms with Crippen LogP contribution in [-0.4, -0.2) is 38.7 Å². The molecule has 1 saturated heterocycles. The summed E-state index contributed by atoms with van der Waals surface area (Å²) in [6.45, 7) is 2.24. The van der Waals surface area contributed by atoms with E-state index in [9.17, 15) is 14.0 Å². The highest BCUT2D eigenvalue weighted by Crippen LogP contribution is 2.30. The van der Waals surface area contributed by atoms with Crippen molar-refractivity contribution in [2.45, 2.75) is 19.3 Å². The quantitative estimate of drug-likeness (QED) is 0.746. The monoisotopic (exact) mass is 385 g/mol. The summed E-state index contributed by atoms with van der Waals surface area (Å²) in [7, 11) is 1.33. The fourth-order valence-corrected chi connectivity index (χ4v) is 3.25. The Labute approximate surface area is 163 Å². The van der Waals surface area contributed by atoms with E-state index in [0.717, 1.165) is 37.2 Å². The second kappa shape index (κ2) is 9.21. The zero-order chi connectivity index (χ0) is 19.9. The lowest BCUT2D eigenvalue weighted by Crippen LogP contribution is -2.31. The third-order valence-corrected chi connectivity index (χ3v) is 4.73. The van der Waals surface area contributed by atoms with Crippen molar-refractivity contribution in [3.8, 4) is 0 Å². The van der Waals surface area contributed by atoms with Gasteiger partial charge in [0.15, 0.2) is 0 Å². The molecular formula is C21H24FN3O3. The van der Waals surface area contributed by atoms with E-state index < -0.39 is 5.97 Å². The number of methoxy groups -OCH3 is 1. The van der Waals surface area contributed by atoms with Crippen LogP contribution in [0.2, 0.25) is 0 Å². The van der Waals surface area contributed by atoms with Gasteiger partial charge in [-0.25, -0.2) is 14.0 Å². The van der Waals surface area contributed by atoms with Gasteiger partial charge in [-0.05, 0) is 55.2 Å². The molecule has 2 amide bonds. The summed E-state index contributed by atoms with van der Waals surface area (Å²) in [6.07, 6.45) is 2.79. The van der Waals surface area contributed by atoms with E-state index in [1.165, 1.54) is 19.2 Å². The molecule has 1 fully saturated rings. The number of carbonyl (C=O) groups is 2. The first-order valence-corrected chi connectivity index (χ1v) is 9.33.